The number of hydrogen-bond donors (Lipinski definition) is 2. The van der Waals surface area contributed by atoms with E-state index in [0.717, 1.165) is 35.7 Å². The quantitative estimate of drug-likeness (QED) is 0.833. The van der Waals surface area contributed by atoms with Gasteiger partial charge in [0.2, 0.25) is 0 Å². The summed E-state index contributed by atoms with van der Waals surface area (Å²) in [5, 5.41) is 5.80. The van der Waals surface area contributed by atoms with Gasteiger partial charge in [-0.1, -0.05) is 18.2 Å². The van der Waals surface area contributed by atoms with Crippen LogP contribution in [0.3, 0.4) is 0 Å². The van der Waals surface area contributed by atoms with Gasteiger partial charge in [0.15, 0.2) is 0 Å². The normalized spacial score (nSPS) is 14.1. The number of carbonyl (C=O) groups excluding carboxylic acids is 1. The van der Waals surface area contributed by atoms with Crippen LogP contribution in [-0.2, 0) is 17.9 Å². The highest BCUT2D eigenvalue weighted by atomic mass is 16.5. The van der Waals surface area contributed by atoms with Crippen LogP contribution in [0.5, 0.6) is 0 Å². The highest BCUT2D eigenvalue weighted by Crippen LogP contribution is 2.19. The summed E-state index contributed by atoms with van der Waals surface area (Å²) in [7, 11) is 1.64. The molecule has 6 nitrogen and oxygen atoms in total. The van der Waals surface area contributed by atoms with Gasteiger partial charge < -0.3 is 20.3 Å². The maximum absolute atomic E-state index is 12.2. The number of nitrogens with zero attached hydrogens (tertiary/aromatic N) is 2. The molecule has 2 aromatic rings. The van der Waals surface area contributed by atoms with Gasteiger partial charge in [0.1, 0.15) is 5.82 Å². The number of ether oxygens (including phenoxy) is 1. The summed E-state index contributed by atoms with van der Waals surface area (Å²) in [4.78, 5) is 19.0. The largest absolute Gasteiger partial charge is 0.380 e. The second-order valence-electron chi connectivity index (χ2n) is 6.47. The van der Waals surface area contributed by atoms with Crippen molar-refractivity contribution in [3.05, 3.63) is 53.7 Å². The van der Waals surface area contributed by atoms with E-state index in [9.17, 15) is 4.79 Å². The van der Waals surface area contributed by atoms with E-state index < -0.39 is 0 Å². The summed E-state index contributed by atoms with van der Waals surface area (Å²) in [5.41, 5.74) is 2.75. The molecule has 0 bridgehead atoms. The number of piperidine rings is 1. The number of benzene rings is 1. The predicted octanol–water partition coefficient (Wildman–Crippen LogP) is 3.54. The van der Waals surface area contributed by atoms with Crippen LogP contribution in [-0.4, -0.2) is 31.2 Å². The van der Waals surface area contributed by atoms with Crippen molar-refractivity contribution in [2.24, 2.45) is 0 Å². The number of carbonyl (C=O) groups is 1. The second kappa shape index (κ2) is 9.20. The third-order valence-corrected chi connectivity index (χ3v) is 4.51. The highest BCUT2D eigenvalue weighted by molar-refractivity contribution is 5.90. The summed E-state index contributed by atoms with van der Waals surface area (Å²) in [6.45, 7) is 3.03. The maximum atomic E-state index is 12.2. The van der Waals surface area contributed by atoms with Crippen molar-refractivity contribution < 1.29 is 9.53 Å². The van der Waals surface area contributed by atoms with Gasteiger partial charge in [-0.15, -0.1) is 0 Å². The number of rotatable bonds is 6. The summed E-state index contributed by atoms with van der Waals surface area (Å²) in [5.74, 6) is 0.995. The van der Waals surface area contributed by atoms with Gasteiger partial charge in [-0.25, -0.2) is 9.78 Å². The molecule has 138 valence electrons. The Morgan fingerprint density at radius 2 is 2.00 bits per heavy atom. The molecule has 0 radical (unpaired) electrons. The standard InChI is InChI=1S/C20H26N4O2/c1-26-15-17-7-3-4-8-18(17)23-20(25)22-14-16-9-10-21-19(13-16)24-11-5-2-6-12-24/h3-4,7-10,13H,2,5-6,11-12,14-15H2,1H3,(H2,22,23,25). The van der Waals surface area contributed by atoms with Gasteiger partial charge in [-0.3, -0.25) is 0 Å². The molecule has 0 saturated carbocycles. The van der Waals surface area contributed by atoms with Crippen molar-refractivity contribution in [1.82, 2.24) is 10.3 Å². The fourth-order valence-corrected chi connectivity index (χ4v) is 3.14. The van der Waals surface area contributed by atoms with Crippen LogP contribution in [0.4, 0.5) is 16.3 Å². The molecule has 1 aliphatic rings. The number of aromatic nitrogens is 1. The highest BCUT2D eigenvalue weighted by Gasteiger charge is 2.12. The number of pyridine rings is 1. The number of anilines is 2. The number of amides is 2. The lowest BCUT2D eigenvalue weighted by Gasteiger charge is -2.27. The lowest BCUT2D eigenvalue weighted by Crippen LogP contribution is -2.31. The molecule has 0 atom stereocenters. The smallest absolute Gasteiger partial charge is 0.319 e. The first-order valence-corrected chi connectivity index (χ1v) is 9.08. The number of nitrogens with one attached hydrogen (secondary N) is 2. The molecule has 0 aliphatic carbocycles. The minimum Gasteiger partial charge on any atom is -0.380 e. The minimum absolute atomic E-state index is 0.232. The topological polar surface area (TPSA) is 66.5 Å². The third-order valence-electron chi connectivity index (χ3n) is 4.51. The summed E-state index contributed by atoms with van der Waals surface area (Å²) >= 11 is 0. The van der Waals surface area contributed by atoms with E-state index in [1.165, 1.54) is 19.3 Å². The monoisotopic (exact) mass is 354 g/mol. The van der Waals surface area contributed by atoms with E-state index in [2.05, 4.69) is 26.6 Å². The van der Waals surface area contributed by atoms with Crippen molar-refractivity contribution in [1.29, 1.82) is 0 Å². The summed E-state index contributed by atoms with van der Waals surface area (Å²) in [6.07, 6.45) is 5.54. The van der Waals surface area contributed by atoms with Gasteiger partial charge in [0.05, 0.1) is 6.61 Å². The van der Waals surface area contributed by atoms with Gasteiger partial charge in [0.25, 0.3) is 0 Å². The first kappa shape index (κ1) is 18.2. The van der Waals surface area contributed by atoms with Crippen molar-refractivity contribution in [2.75, 3.05) is 30.4 Å². The molecule has 1 saturated heterocycles. The zero-order chi connectivity index (χ0) is 18.2. The fraction of sp³-hybridized carbons (Fsp3) is 0.400. The van der Waals surface area contributed by atoms with Crippen molar-refractivity contribution in [2.45, 2.75) is 32.4 Å². The SMILES string of the molecule is COCc1ccccc1NC(=O)NCc1ccnc(N2CCCCC2)c1. The Balaban J connectivity index is 1.56. The Labute approximate surface area is 154 Å². The molecule has 26 heavy (non-hydrogen) atoms. The van der Waals surface area contributed by atoms with Gasteiger partial charge in [0, 0.05) is 44.2 Å². The van der Waals surface area contributed by atoms with Crippen LogP contribution >= 0.6 is 0 Å². The minimum atomic E-state index is -0.232. The van der Waals surface area contributed by atoms with Crippen LogP contribution in [0.2, 0.25) is 0 Å². The Morgan fingerprint density at radius 3 is 2.81 bits per heavy atom. The maximum Gasteiger partial charge on any atom is 0.319 e. The molecule has 0 spiro atoms. The van der Waals surface area contributed by atoms with Crippen LogP contribution in [0.15, 0.2) is 42.6 Å². The zero-order valence-corrected chi connectivity index (χ0v) is 15.2. The molecular weight excluding hydrogens is 328 g/mol. The Kier molecular flexibility index (Phi) is 6.44. The fourth-order valence-electron chi connectivity index (χ4n) is 3.14. The molecule has 1 aromatic carbocycles. The van der Waals surface area contributed by atoms with E-state index in [1.54, 1.807) is 7.11 Å². The van der Waals surface area contributed by atoms with Crippen LogP contribution in [0.1, 0.15) is 30.4 Å². The van der Waals surface area contributed by atoms with Gasteiger partial charge in [-0.05, 0) is 43.0 Å². The first-order chi connectivity index (χ1) is 12.8. The van der Waals surface area contributed by atoms with Gasteiger partial charge >= 0.3 is 6.03 Å². The Hall–Kier alpha value is -2.60. The molecule has 2 amide bonds. The molecule has 1 aromatic heterocycles. The number of para-hydroxylation sites is 1. The molecule has 1 fully saturated rings. The average Bonchev–Trinajstić information content (AvgIpc) is 2.69. The molecule has 6 heteroatoms. The third kappa shape index (κ3) is 4.95. The average molecular weight is 354 g/mol. The molecule has 2 heterocycles. The lowest BCUT2D eigenvalue weighted by atomic mass is 10.1. The van der Waals surface area contributed by atoms with E-state index in [4.69, 9.17) is 4.74 Å². The van der Waals surface area contributed by atoms with E-state index in [1.807, 2.05) is 36.5 Å². The number of urea groups is 1. The van der Waals surface area contributed by atoms with E-state index >= 15 is 0 Å². The Bertz CT molecular complexity index is 729. The molecule has 3 rings (SSSR count). The van der Waals surface area contributed by atoms with E-state index in [-0.39, 0.29) is 6.03 Å². The van der Waals surface area contributed by atoms with Crippen molar-refractivity contribution in [3.63, 3.8) is 0 Å². The first-order valence-electron chi connectivity index (χ1n) is 9.08. The summed E-state index contributed by atoms with van der Waals surface area (Å²) in [6, 6.07) is 11.4. The zero-order valence-electron chi connectivity index (χ0n) is 15.2. The predicted molar refractivity (Wildman–Crippen MR) is 103 cm³/mol. The Morgan fingerprint density at radius 1 is 1.19 bits per heavy atom. The van der Waals surface area contributed by atoms with Crippen molar-refractivity contribution in [3.8, 4) is 0 Å². The second-order valence-corrected chi connectivity index (χ2v) is 6.47. The summed E-state index contributed by atoms with van der Waals surface area (Å²) < 4.78 is 5.17. The van der Waals surface area contributed by atoms with E-state index in [0.29, 0.717) is 13.2 Å². The van der Waals surface area contributed by atoms with Crippen LogP contribution in [0.25, 0.3) is 0 Å². The van der Waals surface area contributed by atoms with Crippen LogP contribution < -0.4 is 15.5 Å². The lowest BCUT2D eigenvalue weighted by molar-refractivity contribution is 0.185. The number of hydrogen-bond acceptors (Lipinski definition) is 4. The van der Waals surface area contributed by atoms with Crippen molar-refractivity contribution >= 4 is 17.5 Å². The molecule has 0 unspecified atom stereocenters. The van der Waals surface area contributed by atoms with Gasteiger partial charge in [-0.2, -0.15) is 0 Å². The van der Waals surface area contributed by atoms with Crippen LogP contribution in [0, 0.1) is 0 Å². The molecular formula is C20H26N4O2. The molecule has 2 N–H and O–H groups in total. The number of methoxy groups -OCH3 is 1. The molecule has 1 aliphatic heterocycles.